The van der Waals surface area contributed by atoms with E-state index in [1.54, 1.807) is 26.3 Å². The number of methoxy groups -OCH3 is 1. The zero-order valence-corrected chi connectivity index (χ0v) is 22.0. The number of hydrogen-bond acceptors (Lipinski definition) is 5. The molecule has 0 aliphatic carbocycles. The Bertz CT molecular complexity index is 1190. The van der Waals surface area contributed by atoms with Gasteiger partial charge in [-0.2, -0.15) is 0 Å². The lowest BCUT2D eigenvalue weighted by Crippen LogP contribution is -2.76. The van der Waals surface area contributed by atoms with Gasteiger partial charge in [0.05, 0.1) is 20.2 Å². The molecule has 4 rings (SSSR count). The van der Waals surface area contributed by atoms with Crippen LogP contribution >= 0.6 is 0 Å². The van der Waals surface area contributed by atoms with Crippen molar-refractivity contribution in [1.82, 2.24) is 25.1 Å². The van der Waals surface area contributed by atoms with E-state index in [1.807, 2.05) is 26.0 Å². The molecule has 1 unspecified atom stereocenters. The molecular formula is C27H33F2N5O4. The van der Waals surface area contributed by atoms with Gasteiger partial charge in [0.25, 0.3) is 0 Å². The lowest BCUT2D eigenvalue weighted by Gasteiger charge is -2.55. The average molecular weight is 530 g/mol. The molecule has 2 aromatic carbocycles. The number of carbonyl (C=O) groups is 3. The van der Waals surface area contributed by atoms with E-state index in [9.17, 15) is 23.2 Å². The lowest BCUT2D eigenvalue weighted by atomic mass is 9.92. The van der Waals surface area contributed by atoms with Gasteiger partial charge in [-0.15, -0.1) is 0 Å². The van der Waals surface area contributed by atoms with Crippen LogP contribution in [0.3, 0.4) is 0 Å². The summed E-state index contributed by atoms with van der Waals surface area (Å²) in [6.07, 6.45) is -0.178. The van der Waals surface area contributed by atoms with Crippen molar-refractivity contribution in [2.45, 2.75) is 45.6 Å². The Morgan fingerprint density at radius 3 is 2.50 bits per heavy atom. The minimum atomic E-state index is -0.819. The van der Waals surface area contributed by atoms with Gasteiger partial charge in [0.1, 0.15) is 29.6 Å². The van der Waals surface area contributed by atoms with Crippen molar-refractivity contribution < 1.29 is 27.9 Å². The van der Waals surface area contributed by atoms with Crippen LogP contribution in [-0.4, -0.2) is 77.1 Å². The monoisotopic (exact) mass is 529 g/mol. The van der Waals surface area contributed by atoms with Crippen molar-refractivity contribution in [3.8, 4) is 5.75 Å². The van der Waals surface area contributed by atoms with E-state index in [4.69, 9.17) is 4.74 Å². The average Bonchev–Trinajstić information content (AvgIpc) is 2.89. The van der Waals surface area contributed by atoms with Crippen molar-refractivity contribution in [3.05, 3.63) is 65.2 Å². The lowest BCUT2D eigenvalue weighted by molar-refractivity contribution is -0.191. The van der Waals surface area contributed by atoms with Crippen LogP contribution in [0.1, 0.15) is 31.4 Å². The van der Waals surface area contributed by atoms with E-state index < -0.39 is 29.9 Å². The number of amides is 4. The summed E-state index contributed by atoms with van der Waals surface area (Å²) in [5.41, 5.74) is 1.01. The predicted octanol–water partition coefficient (Wildman–Crippen LogP) is 2.96. The summed E-state index contributed by atoms with van der Waals surface area (Å²) >= 11 is 0. The van der Waals surface area contributed by atoms with Gasteiger partial charge in [-0.3, -0.25) is 9.59 Å². The Hall–Kier alpha value is -3.73. The molecule has 2 aliphatic rings. The summed E-state index contributed by atoms with van der Waals surface area (Å²) in [6.45, 7) is 3.84. The number of benzene rings is 2. The number of nitrogens with zero attached hydrogens (tertiary/aromatic N) is 4. The molecule has 38 heavy (non-hydrogen) atoms. The number of piperazine rings is 1. The molecule has 3 atom stereocenters. The van der Waals surface area contributed by atoms with Gasteiger partial charge < -0.3 is 19.9 Å². The highest BCUT2D eigenvalue weighted by Gasteiger charge is 2.51. The minimum absolute atomic E-state index is 0.0192. The molecule has 2 aliphatic heterocycles. The Morgan fingerprint density at radius 1 is 1.16 bits per heavy atom. The van der Waals surface area contributed by atoms with E-state index in [1.165, 1.54) is 25.9 Å². The highest BCUT2D eigenvalue weighted by Crippen LogP contribution is 2.31. The summed E-state index contributed by atoms with van der Waals surface area (Å²) < 4.78 is 33.1. The van der Waals surface area contributed by atoms with Crippen LogP contribution in [-0.2, 0) is 22.7 Å². The summed E-state index contributed by atoms with van der Waals surface area (Å²) in [5.74, 6) is -1.56. The van der Waals surface area contributed by atoms with Crippen LogP contribution in [0.25, 0.3) is 0 Å². The molecule has 2 aromatic rings. The molecule has 1 N–H and O–H groups in total. The first kappa shape index (κ1) is 27.3. The Labute approximate surface area is 220 Å². The number of rotatable bonds is 7. The van der Waals surface area contributed by atoms with E-state index >= 15 is 0 Å². The molecule has 2 heterocycles. The first-order chi connectivity index (χ1) is 18.1. The summed E-state index contributed by atoms with van der Waals surface area (Å²) in [4.78, 5) is 43.2. The number of carbonyl (C=O) groups excluding carboxylic acids is 3. The highest BCUT2D eigenvalue weighted by atomic mass is 19.1. The standard InChI is InChI=1S/C27H33F2N5O4/c1-5-17(2)25-26(36)32(14-19-8-9-20(28)12-22(19)29)15-23-33(25)24(35)16-31(3)34(23)27(37)30-13-18-6-10-21(38-4)11-7-18/h6-12,17,23,25H,5,13-16H2,1-4H3,(H,30,37)/t17?,23-,25-/m0/s1. The van der Waals surface area contributed by atoms with Gasteiger partial charge >= 0.3 is 6.03 Å². The SMILES string of the molecule is CCC(C)[C@H]1C(=O)N(Cc2ccc(F)cc2F)C[C@H]2N1C(=O)CN(C)N2C(=O)NCc1ccc(OC)cc1. The Kier molecular flexibility index (Phi) is 8.15. The first-order valence-electron chi connectivity index (χ1n) is 12.6. The third kappa shape index (κ3) is 5.42. The third-order valence-corrected chi connectivity index (χ3v) is 7.24. The largest absolute Gasteiger partial charge is 0.497 e. The molecule has 9 nitrogen and oxygen atoms in total. The van der Waals surface area contributed by atoms with Gasteiger partial charge in [0.15, 0.2) is 0 Å². The number of fused-ring (bicyclic) bond motifs is 1. The van der Waals surface area contributed by atoms with E-state index in [-0.39, 0.29) is 49.5 Å². The second kappa shape index (κ2) is 11.3. The van der Waals surface area contributed by atoms with E-state index in [2.05, 4.69) is 5.32 Å². The highest BCUT2D eigenvalue weighted by molar-refractivity contribution is 5.91. The van der Waals surface area contributed by atoms with Crippen LogP contribution < -0.4 is 10.1 Å². The van der Waals surface area contributed by atoms with Gasteiger partial charge in [-0.05, 0) is 29.7 Å². The van der Waals surface area contributed by atoms with Crippen molar-refractivity contribution in [3.63, 3.8) is 0 Å². The normalized spacial score (nSPS) is 20.8. The molecular weight excluding hydrogens is 496 g/mol. The van der Waals surface area contributed by atoms with Gasteiger partial charge in [0, 0.05) is 31.8 Å². The fourth-order valence-electron chi connectivity index (χ4n) is 5.00. The van der Waals surface area contributed by atoms with Crippen LogP contribution in [0.15, 0.2) is 42.5 Å². The number of ether oxygens (including phenoxy) is 1. The van der Waals surface area contributed by atoms with Crippen LogP contribution in [0.5, 0.6) is 5.75 Å². The smallest absolute Gasteiger partial charge is 0.334 e. The molecule has 0 bridgehead atoms. The van der Waals surface area contributed by atoms with Crippen molar-refractivity contribution in [2.75, 3.05) is 27.2 Å². The maximum Gasteiger partial charge on any atom is 0.334 e. The second-order valence-corrected chi connectivity index (χ2v) is 9.73. The van der Waals surface area contributed by atoms with Crippen LogP contribution in [0.4, 0.5) is 13.6 Å². The number of urea groups is 1. The third-order valence-electron chi connectivity index (χ3n) is 7.24. The van der Waals surface area contributed by atoms with E-state index in [0.717, 1.165) is 17.7 Å². The van der Waals surface area contributed by atoms with Crippen LogP contribution in [0, 0.1) is 17.6 Å². The molecule has 0 aromatic heterocycles. The molecule has 4 amide bonds. The van der Waals surface area contributed by atoms with Gasteiger partial charge in [-0.25, -0.2) is 23.6 Å². The van der Waals surface area contributed by atoms with E-state index in [0.29, 0.717) is 12.2 Å². The topological polar surface area (TPSA) is 85.4 Å². The quantitative estimate of drug-likeness (QED) is 0.596. The minimum Gasteiger partial charge on any atom is -0.497 e. The Morgan fingerprint density at radius 2 is 1.87 bits per heavy atom. The summed E-state index contributed by atoms with van der Waals surface area (Å²) in [6, 6.07) is 9.24. The molecule has 0 saturated carbocycles. The summed E-state index contributed by atoms with van der Waals surface area (Å²) in [7, 11) is 3.21. The molecule has 0 radical (unpaired) electrons. The number of likely N-dealkylation sites (N-methyl/N-ethyl adjacent to an activating group) is 1. The zero-order valence-electron chi connectivity index (χ0n) is 22.0. The number of nitrogens with one attached hydrogen (secondary N) is 1. The molecule has 204 valence electrons. The van der Waals surface area contributed by atoms with Crippen LogP contribution in [0.2, 0.25) is 0 Å². The maximum atomic E-state index is 14.5. The van der Waals surface area contributed by atoms with Crippen molar-refractivity contribution >= 4 is 17.8 Å². The second-order valence-electron chi connectivity index (χ2n) is 9.73. The Balaban J connectivity index is 1.61. The van der Waals surface area contributed by atoms with Gasteiger partial charge in [0.2, 0.25) is 11.8 Å². The maximum absolute atomic E-state index is 14.5. The summed E-state index contributed by atoms with van der Waals surface area (Å²) in [5, 5.41) is 5.87. The van der Waals surface area contributed by atoms with Crippen molar-refractivity contribution in [2.24, 2.45) is 5.92 Å². The molecule has 2 saturated heterocycles. The number of hydrazine groups is 1. The number of halogens is 2. The van der Waals surface area contributed by atoms with Gasteiger partial charge in [-0.1, -0.05) is 38.5 Å². The fraction of sp³-hybridized carbons (Fsp3) is 0.444. The molecule has 2 fully saturated rings. The fourth-order valence-corrected chi connectivity index (χ4v) is 5.00. The number of hydrogen-bond donors (Lipinski definition) is 1. The van der Waals surface area contributed by atoms with Crippen molar-refractivity contribution in [1.29, 1.82) is 0 Å². The zero-order chi connectivity index (χ0) is 27.6. The molecule has 11 heteroatoms. The first-order valence-corrected chi connectivity index (χ1v) is 12.6. The predicted molar refractivity (Wildman–Crippen MR) is 135 cm³/mol. The molecule has 0 spiro atoms.